The monoisotopic (exact) mass is 292 g/mol. The molecule has 0 amide bonds. The maximum absolute atomic E-state index is 14.8. The standard InChI is InChI=1S/C16H21FN2S/c1-16(17,10-12-6-4-5-9-18-12)11-15-19-13-7-2-3-8-14(13)20-15/h2-3,7-8,12,18H,4-6,9-11H2,1H3. The van der Waals surface area contributed by atoms with E-state index in [0.717, 1.165) is 28.2 Å². The molecule has 2 unspecified atom stereocenters. The molecule has 1 aromatic carbocycles. The highest BCUT2D eigenvalue weighted by molar-refractivity contribution is 7.18. The van der Waals surface area contributed by atoms with Crippen LogP contribution in [0.5, 0.6) is 0 Å². The molecule has 1 aliphatic heterocycles. The molecule has 108 valence electrons. The Bertz CT molecular complexity index is 540. The number of fused-ring (bicyclic) bond motifs is 1. The van der Waals surface area contributed by atoms with Crippen molar-refractivity contribution in [1.82, 2.24) is 10.3 Å². The molecule has 0 bridgehead atoms. The third-order valence-corrected chi connectivity index (χ3v) is 4.98. The summed E-state index contributed by atoms with van der Waals surface area (Å²) < 4.78 is 16.0. The number of nitrogens with zero attached hydrogens (tertiary/aromatic N) is 1. The third kappa shape index (κ3) is 3.36. The quantitative estimate of drug-likeness (QED) is 0.917. The molecule has 2 atom stereocenters. The lowest BCUT2D eigenvalue weighted by Crippen LogP contribution is -2.40. The van der Waals surface area contributed by atoms with Crippen LogP contribution in [0.1, 0.15) is 37.6 Å². The molecule has 1 N–H and O–H groups in total. The largest absolute Gasteiger partial charge is 0.314 e. The van der Waals surface area contributed by atoms with Gasteiger partial charge in [-0.25, -0.2) is 9.37 Å². The van der Waals surface area contributed by atoms with E-state index in [1.54, 1.807) is 18.3 Å². The van der Waals surface area contributed by atoms with Crippen LogP contribution < -0.4 is 5.32 Å². The lowest BCUT2D eigenvalue weighted by molar-refractivity contribution is 0.146. The summed E-state index contributed by atoms with van der Waals surface area (Å²) in [6, 6.07) is 8.35. The van der Waals surface area contributed by atoms with Gasteiger partial charge in [-0.05, 0) is 44.9 Å². The Morgan fingerprint density at radius 3 is 3.00 bits per heavy atom. The Balaban J connectivity index is 1.68. The molecule has 2 heterocycles. The molecule has 2 nitrogen and oxygen atoms in total. The first kappa shape index (κ1) is 14.0. The summed E-state index contributed by atoms with van der Waals surface area (Å²) >= 11 is 1.61. The zero-order valence-corrected chi connectivity index (χ0v) is 12.7. The van der Waals surface area contributed by atoms with E-state index < -0.39 is 5.67 Å². The first-order chi connectivity index (χ1) is 9.62. The Morgan fingerprint density at radius 1 is 1.40 bits per heavy atom. The summed E-state index contributed by atoms with van der Waals surface area (Å²) in [6.07, 6.45) is 4.54. The van der Waals surface area contributed by atoms with Crippen molar-refractivity contribution in [2.45, 2.75) is 50.7 Å². The second kappa shape index (κ2) is 5.78. The summed E-state index contributed by atoms with van der Waals surface area (Å²) in [7, 11) is 0. The highest BCUT2D eigenvalue weighted by Crippen LogP contribution is 2.30. The van der Waals surface area contributed by atoms with Crippen molar-refractivity contribution in [3.8, 4) is 0 Å². The predicted octanol–water partition coefficient (Wildman–Crippen LogP) is 4.10. The van der Waals surface area contributed by atoms with E-state index in [1.165, 1.54) is 12.8 Å². The number of hydrogen-bond acceptors (Lipinski definition) is 3. The van der Waals surface area contributed by atoms with Gasteiger partial charge in [0.25, 0.3) is 0 Å². The molecule has 1 aromatic heterocycles. The number of nitrogens with one attached hydrogen (secondary N) is 1. The van der Waals surface area contributed by atoms with Crippen molar-refractivity contribution < 1.29 is 4.39 Å². The zero-order chi connectivity index (χ0) is 14.0. The van der Waals surface area contributed by atoms with Gasteiger partial charge in [-0.15, -0.1) is 11.3 Å². The number of aromatic nitrogens is 1. The van der Waals surface area contributed by atoms with E-state index in [2.05, 4.69) is 16.4 Å². The zero-order valence-electron chi connectivity index (χ0n) is 11.9. The van der Waals surface area contributed by atoms with E-state index in [9.17, 15) is 4.39 Å². The second-order valence-corrected chi connectivity index (χ2v) is 7.13. The van der Waals surface area contributed by atoms with E-state index in [4.69, 9.17) is 0 Å². The average Bonchev–Trinajstić information content (AvgIpc) is 2.80. The second-order valence-electron chi connectivity index (χ2n) is 6.02. The van der Waals surface area contributed by atoms with Crippen molar-refractivity contribution >= 4 is 21.6 Å². The molecule has 3 rings (SSSR count). The van der Waals surface area contributed by atoms with Crippen LogP contribution in [0.2, 0.25) is 0 Å². The van der Waals surface area contributed by atoms with Crippen molar-refractivity contribution in [3.05, 3.63) is 29.3 Å². The van der Waals surface area contributed by atoms with Gasteiger partial charge < -0.3 is 5.32 Å². The molecule has 1 aliphatic rings. The van der Waals surface area contributed by atoms with Crippen molar-refractivity contribution in [3.63, 3.8) is 0 Å². The normalized spacial score (nSPS) is 22.8. The minimum atomic E-state index is -1.18. The summed E-state index contributed by atoms with van der Waals surface area (Å²) in [5.74, 6) is 0. The minimum absolute atomic E-state index is 0.327. The Hall–Kier alpha value is -1.00. The lowest BCUT2D eigenvalue weighted by Gasteiger charge is -2.29. The number of halogens is 1. The molecule has 0 radical (unpaired) electrons. The van der Waals surface area contributed by atoms with Crippen LogP contribution in [0.25, 0.3) is 10.2 Å². The van der Waals surface area contributed by atoms with Crippen molar-refractivity contribution in [2.75, 3.05) is 6.54 Å². The topological polar surface area (TPSA) is 24.9 Å². The van der Waals surface area contributed by atoms with Crippen LogP contribution in [0, 0.1) is 0 Å². The van der Waals surface area contributed by atoms with Gasteiger partial charge in [-0.1, -0.05) is 18.6 Å². The van der Waals surface area contributed by atoms with E-state index >= 15 is 0 Å². The van der Waals surface area contributed by atoms with Gasteiger partial charge in [0, 0.05) is 12.5 Å². The predicted molar refractivity (Wildman–Crippen MR) is 83.1 cm³/mol. The SMILES string of the molecule is CC(F)(Cc1nc2ccccc2s1)CC1CCCCN1. The third-order valence-electron chi connectivity index (χ3n) is 3.94. The number of benzene rings is 1. The van der Waals surface area contributed by atoms with Gasteiger partial charge in [-0.2, -0.15) is 0 Å². The van der Waals surface area contributed by atoms with Crippen LogP contribution in [0.3, 0.4) is 0 Å². The minimum Gasteiger partial charge on any atom is -0.314 e. The van der Waals surface area contributed by atoms with Crippen LogP contribution >= 0.6 is 11.3 Å². The van der Waals surface area contributed by atoms with E-state index in [1.807, 2.05) is 18.2 Å². The number of thiazole rings is 1. The molecular weight excluding hydrogens is 271 g/mol. The molecule has 0 saturated carbocycles. The Kier molecular flexibility index (Phi) is 4.03. The highest BCUT2D eigenvalue weighted by atomic mass is 32.1. The molecule has 1 saturated heterocycles. The average molecular weight is 292 g/mol. The Labute approximate surface area is 123 Å². The number of para-hydroxylation sites is 1. The Morgan fingerprint density at radius 2 is 2.25 bits per heavy atom. The highest BCUT2D eigenvalue weighted by Gasteiger charge is 2.30. The first-order valence-corrected chi connectivity index (χ1v) is 8.21. The van der Waals surface area contributed by atoms with E-state index in [0.29, 0.717) is 18.9 Å². The fourth-order valence-electron chi connectivity index (χ4n) is 3.00. The van der Waals surface area contributed by atoms with Crippen LogP contribution in [-0.2, 0) is 6.42 Å². The molecule has 2 aromatic rings. The number of piperidine rings is 1. The fraction of sp³-hybridized carbons (Fsp3) is 0.562. The smallest absolute Gasteiger partial charge is 0.116 e. The molecule has 0 aliphatic carbocycles. The number of alkyl halides is 1. The summed E-state index contributed by atoms with van der Waals surface area (Å²) in [5.41, 5.74) is -0.192. The van der Waals surface area contributed by atoms with Gasteiger partial charge in [0.2, 0.25) is 0 Å². The van der Waals surface area contributed by atoms with Crippen LogP contribution in [-0.4, -0.2) is 23.2 Å². The van der Waals surface area contributed by atoms with Crippen LogP contribution in [0.15, 0.2) is 24.3 Å². The number of hydrogen-bond donors (Lipinski definition) is 1. The van der Waals surface area contributed by atoms with Crippen molar-refractivity contribution in [1.29, 1.82) is 0 Å². The lowest BCUT2D eigenvalue weighted by atomic mass is 9.91. The maximum atomic E-state index is 14.8. The van der Waals surface area contributed by atoms with Crippen LogP contribution in [0.4, 0.5) is 4.39 Å². The van der Waals surface area contributed by atoms with Gasteiger partial charge in [0.05, 0.1) is 15.2 Å². The maximum Gasteiger partial charge on any atom is 0.116 e. The molecule has 4 heteroatoms. The van der Waals surface area contributed by atoms with Gasteiger partial charge in [-0.3, -0.25) is 0 Å². The fourth-order valence-corrected chi connectivity index (χ4v) is 4.13. The van der Waals surface area contributed by atoms with Gasteiger partial charge >= 0.3 is 0 Å². The molecule has 1 fully saturated rings. The first-order valence-electron chi connectivity index (χ1n) is 7.39. The van der Waals surface area contributed by atoms with Crippen molar-refractivity contribution in [2.24, 2.45) is 0 Å². The summed E-state index contributed by atoms with van der Waals surface area (Å²) in [5, 5.41) is 4.34. The number of rotatable bonds is 4. The van der Waals surface area contributed by atoms with Gasteiger partial charge in [0.1, 0.15) is 5.67 Å². The summed E-state index contributed by atoms with van der Waals surface area (Å²) in [6.45, 7) is 2.75. The molecular formula is C16H21FN2S. The molecule has 0 spiro atoms. The van der Waals surface area contributed by atoms with E-state index in [-0.39, 0.29) is 0 Å². The van der Waals surface area contributed by atoms with Gasteiger partial charge in [0.15, 0.2) is 0 Å². The summed E-state index contributed by atoms with van der Waals surface area (Å²) in [4.78, 5) is 4.55. The molecule has 20 heavy (non-hydrogen) atoms.